The van der Waals surface area contributed by atoms with Crippen molar-refractivity contribution in [3.63, 3.8) is 0 Å². The Balaban J connectivity index is 2.00. The first-order chi connectivity index (χ1) is 8.75. The molecule has 1 aliphatic rings. The first-order valence-electron chi connectivity index (χ1n) is 5.61. The van der Waals surface area contributed by atoms with Crippen LogP contribution in [0.2, 0.25) is 5.02 Å². The zero-order valence-electron chi connectivity index (χ0n) is 9.49. The molecule has 0 amide bonds. The van der Waals surface area contributed by atoms with Gasteiger partial charge >= 0.3 is 7.05 Å². The number of hydrogen-bond acceptors (Lipinski definition) is 3. The van der Waals surface area contributed by atoms with E-state index in [1.54, 1.807) is 23.3 Å². The van der Waals surface area contributed by atoms with Crippen molar-refractivity contribution in [3.05, 3.63) is 59.1 Å². The standard InChI is InChI=1S/C13H10BClN2O/c15-11-5-7-12(8-6-11)17-14(18)13-4-2-1-3-10(13)9-16-17/h1-9,18H. The molecule has 0 aliphatic carbocycles. The van der Waals surface area contributed by atoms with Crippen molar-refractivity contribution < 1.29 is 5.02 Å². The third-order valence-electron chi connectivity index (χ3n) is 2.92. The van der Waals surface area contributed by atoms with Crippen LogP contribution in [-0.2, 0) is 0 Å². The van der Waals surface area contributed by atoms with Gasteiger partial charge in [0.15, 0.2) is 0 Å². The lowest BCUT2D eigenvalue weighted by atomic mass is 9.69. The molecule has 3 rings (SSSR count). The third kappa shape index (κ3) is 1.90. The largest absolute Gasteiger partial charge is 0.471 e. The maximum absolute atomic E-state index is 10.3. The summed E-state index contributed by atoms with van der Waals surface area (Å²) in [5.41, 5.74) is 2.59. The number of rotatable bonds is 1. The molecule has 2 aromatic rings. The van der Waals surface area contributed by atoms with Gasteiger partial charge in [-0.3, -0.25) is 4.92 Å². The van der Waals surface area contributed by atoms with Gasteiger partial charge < -0.3 is 5.02 Å². The zero-order chi connectivity index (χ0) is 12.5. The molecule has 0 unspecified atom stereocenters. The minimum Gasteiger partial charge on any atom is -0.427 e. The normalized spacial score (nSPS) is 13.7. The van der Waals surface area contributed by atoms with E-state index in [0.717, 1.165) is 16.7 Å². The lowest BCUT2D eigenvalue weighted by Gasteiger charge is -2.26. The van der Waals surface area contributed by atoms with Gasteiger partial charge in [0.05, 0.1) is 6.21 Å². The summed E-state index contributed by atoms with van der Waals surface area (Å²) in [5, 5.41) is 15.3. The maximum atomic E-state index is 10.3. The second kappa shape index (κ2) is 4.48. The minimum absolute atomic E-state index is 0.662. The Morgan fingerprint density at radius 3 is 2.56 bits per heavy atom. The SMILES string of the molecule is OB1c2ccccc2C=NN1c1ccc(Cl)cc1. The smallest absolute Gasteiger partial charge is 0.427 e. The molecule has 3 nitrogen and oxygen atoms in total. The third-order valence-corrected chi connectivity index (χ3v) is 3.17. The van der Waals surface area contributed by atoms with Crippen molar-refractivity contribution in [3.8, 4) is 0 Å². The fourth-order valence-electron chi connectivity index (χ4n) is 1.98. The molecule has 0 radical (unpaired) electrons. The lowest BCUT2D eigenvalue weighted by Crippen LogP contribution is -2.50. The summed E-state index contributed by atoms with van der Waals surface area (Å²) in [6.07, 6.45) is 1.75. The quantitative estimate of drug-likeness (QED) is 0.791. The summed E-state index contributed by atoms with van der Waals surface area (Å²) < 4.78 is 0. The second-order valence-electron chi connectivity index (χ2n) is 4.07. The van der Waals surface area contributed by atoms with Gasteiger partial charge in [0.25, 0.3) is 0 Å². The number of hydrogen-bond donors (Lipinski definition) is 1. The molecule has 0 saturated carbocycles. The van der Waals surface area contributed by atoms with Gasteiger partial charge in [-0.2, -0.15) is 5.10 Å². The second-order valence-corrected chi connectivity index (χ2v) is 4.50. The first-order valence-corrected chi connectivity index (χ1v) is 5.99. The fraction of sp³-hybridized carbons (Fsp3) is 0. The van der Waals surface area contributed by atoms with E-state index in [9.17, 15) is 5.02 Å². The van der Waals surface area contributed by atoms with Crippen LogP contribution in [0.4, 0.5) is 5.69 Å². The predicted molar refractivity (Wildman–Crippen MR) is 75.6 cm³/mol. The molecule has 0 atom stereocenters. The maximum Gasteiger partial charge on any atom is 0.471 e. The van der Waals surface area contributed by atoms with E-state index in [2.05, 4.69) is 5.10 Å². The number of anilines is 1. The highest BCUT2D eigenvalue weighted by molar-refractivity contribution is 6.71. The summed E-state index contributed by atoms with van der Waals surface area (Å²) in [4.78, 5) is 1.57. The van der Waals surface area contributed by atoms with Crippen molar-refractivity contribution in [1.82, 2.24) is 0 Å². The van der Waals surface area contributed by atoms with Gasteiger partial charge in [-0.15, -0.1) is 0 Å². The Labute approximate surface area is 110 Å². The van der Waals surface area contributed by atoms with Crippen LogP contribution < -0.4 is 10.4 Å². The Morgan fingerprint density at radius 2 is 1.78 bits per heavy atom. The number of halogens is 1. The van der Waals surface area contributed by atoms with Gasteiger partial charge in [0.1, 0.15) is 0 Å². The van der Waals surface area contributed by atoms with E-state index in [4.69, 9.17) is 11.6 Å². The highest BCUT2D eigenvalue weighted by atomic mass is 35.5. The van der Waals surface area contributed by atoms with Crippen LogP contribution in [-0.4, -0.2) is 18.3 Å². The summed E-state index contributed by atoms with van der Waals surface area (Å²) in [7, 11) is -0.771. The van der Waals surface area contributed by atoms with E-state index in [1.165, 1.54) is 0 Å². The van der Waals surface area contributed by atoms with E-state index < -0.39 is 7.05 Å². The van der Waals surface area contributed by atoms with Crippen LogP contribution in [0.1, 0.15) is 5.56 Å². The predicted octanol–water partition coefficient (Wildman–Crippen LogP) is 1.88. The summed E-state index contributed by atoms with van der Waals surface area (Å²) in [6, 6.07) is 14.9. The van der Waals surface area contributed by atoms with Crippen LogP contribution in [0.15, 0.2) is 53.6 Å². The van der Waals surface area contributed by atoms with Crippen LogP contribution in [0, 0.1) is 0 Å². The van der Waals surface area contributed by atoms with Gasteiger partial charge in [-0.1, -0.05) is 35.9 Å². The van der Waals surface area contributed by atoms with Crippen LogP contribution >= 0.6 is 11.6 Å². The lowest BCUT2D eigenvalue weighted by molar-refractivity contribution is 0.578. The van der Waals surface area contributed by atoms with Crippen molar-refractivity contribution in [2.24, 2.45) is 5.10 Å². The molecule has 0 spiro atoms. The van der Waals surface area contributed by atoms with Crippen LogP contribution in [0.25, 0.3) is 0 Å². The molecule has 0 saturated heterocycles. The molecule has 2 aromatic carbocycles. The average Bonchev–Trinajstić information content (AvgIpc) is 2.41. The van der Waals surface area contributed by atoms with E-state index >= 15 is 0 Å². The van der Waals surface area contributed by atoms with Crippen molar-refractivity contribution in [2.45, 2.75) is 0 Å². The minimum atomic E-state index is -0.771. The molecular weight excluding hydrogens is 246 g/mol. The molecule has 18 heavy (non-hydrogen) atoms. The summed E-state index contributed by atoms with van der Waals surface area (Å²) in [6.45, 7) is 0. The van der Waals surface area contributed by atoms with Gasteiger partial charge in [0, 0.05) is 10.7 Å². The molecule has 5 heteroatoms. The monoisotopic (exact) mass is 256 g/mol. The van der Waals surface area contributed by atoms with Crippen molar-refractivity contribution >= 4 is 36.0 Å². The van der Waals surface area contributed by atoms with Crippen LogP contribution in [0.3, 0.4) is 0 Å². The molecule has 1 heterocycles. The molecule has 0 fully saturated rings. The van der Waals surface area contributed by atoms with Gasteiger partial charge in [0.2, 0.25) is 0 Å². The summed E-state index contributed by atoms with van der Waals surface area (Å²) in [5.74, 6) is 0. The Morgan fingerprint density at radius 1 is 1.06 bits per heavy atom. The van der Waals surface area contributed by atoms with Crippen molar-refractivity contribution in [2.75, 3.05) is 4.92 Å². The fourth-order valence-corrected chi connectivity index (χ4v) is 2.11. The van der Waals surface area contributed by atoms with E-state index in [-0.39, 0.29) is 0 Å². The molecule has 88 valence electrons. The summed E-state index contributed by atoms with van der Waals surface area (Å²) >= 11 is 5.85. The average molecular weight is 257 g/mol. The number of benzene rings is 2. The molecule has 0 aromatic heterocycles. The van der Waals surface area contributed by atoms with Crippen molar-refractivity contribution in [1.29, 1.82) is 0 Å². The van der Waals surface area contributed by atoms with Gasteiger partial charge in [-0.05, 0) is 35.3 Å². The first kappa shape index (κ1) is 11.3. The molecule has 1 N–H and O–H groups in total. The van der Waals surface area contributed by atoms with E-state index in [0.29, 0.717) is 5.02 Å². The molecule has 1 aliphatic heterocycles. The van der Waals surface area contributed by atoms with E-state index in [1.807, 2.05) is 36.4 Å². The molecule has 0 bridgehead atoms. The number of fused-ring (bicyclic) bond motifs is 1. The highest BCUT2D eigenvalue weighted by Gasteiger charge is 2.29. The molecular formula is C13H10BClN2O. The number of nitrogens with zero attached hydrogens (tertiary/aromatic N) is 2. The topological polar surface area (TPSA) is 35.8 Å². The zero-order valence-corrected chi connectivity index (χ0v) is 10.2. The number of hydrazone groups is 1. The van der Waals surface area contributed by atoms with Gasteiger partial charge in [-0.25, -0.2) is 0 Å². The Bertz CT molecular complexity index is 600. The Kier molecular flexibility index (Phi) is 2.82. The highest BCUT2D eigenvalue weighted by Crippen LogP contribution is 2.20. The van der Waals surface area contributed by atoms with Crippen LogP contribution in [0.5, 0.6) is 0 Å². The Hall–Kier alpha value is -1.78.